The number of nitrogens with zero attached hydrogens (tertiary/aromatic N) is 2. The number of carbonyl (C=O) groups excluding carboxylic acids is 2. The van der Waals surface area contributed by atoms with Crippen LogP contribution in [0.1, 0.15) is 32.6 Å². The molecule has 0 bridgehead atoms. The van der Waals surface area contributed by atoms with Gasteiger partial charge >= 0.3 is 11.9 Å². The first-order chi connectivity index (χ1) is 10.3. The molecule has 0 radical (unpaired) electrons. The van der Waals surface area contributed by atoms with E-state index in [0.717, 1.165) is 4.90 Å². The van der Waals surface area contributed by atoms with Gasteiger partial charge in [-0.15, -0.1) is 0 Å². The van der Waals surface area contributed by atoms with Crippen molar-refractivity contribution in [2.24, 2.45) is 5.92 Å². The van der Waals surface area contributed by atoms with E-state index in [1.54, 1.807) is 6.92 Å². The van der Waals surface area contributed by atoms with E-state index in [-0.39, 0.29) is 37.5 Å². The first-order valence-corrected chi connectivity index (χ1v) is 7.28. The minimum atomic E-state index is -1.07. The van der Waals surface area contributed by atoms with Crippen molar-refractivity contribution in [2.75, 3.05) is 13.1 Å². The molecule has 22 heavy (non-hydrogen) atoms. The second-order valence-corrected chi connectivity index (χ2v) is 5.29. The second-order valence-electron chi connectivity index (χ2n) is 4.93. The molecular formula is C13H18N2O6S. The molecule has 122 valence electrons. The highest BCUT2D eigenvalue weighted by Gasteiger charge is 2.35. The zero-order valence-electron chi connectivity index (χ0n) is 12.2. The Labute approximate surface area is 132 Å². The predicted molar refractivity (Wildman–Crippen MR) is 78.9 cm³/mol. The number of amides is 2. The van der Waals surface area contributed by atoms with Crippen molar-refractivity contribution in [1.29, 1.82) is 0 Å². The van der Waals surface area contributed by atoms with Gasteiger partial charge in [0.05, 0.1) is 12.3 Å². The lowest BCUT2D eigenvalue weighted by molar-refractivity contribution is -0.145. The lowest BCUT2D eigenvalue weighted by atomic mass is 10.0. The van der Waals surface area contributed by atoms with Crippen LogP contribution in [0.25, 0.3) is 0 Å². The first kappa shape index (κ1) is 18.0. The summed E-state index contributed by atoms with van der Waals surface area (Å²) in [5, 5.41) is 17.6. The zero-order chi connectivity index (χ0) is 16.9. The average molecular weight is 330 g/mol. The number of hydrogen-bond donors (Lipinski definition) is 2. The molecule has 1 atom stereocenters. The number of rotatable bonds is 8. The van der Waals surface area contributed by atoms with Crippen molar-refractivity contribution in [1.82, 2.24) is 9.80 Å². The molecular weight excluding hydrogens is 312 g/mol. The smallest absolute Gasteiger partial charge is 0.306 e. The van der Waals surface area contributed by atoms with E-state index >= 15 is 0 Å². The average Bonchev–Trinajstić information content (AvgIpc) is 2.41. The molecule has 1 aliphatic rings. The van der Waals surface area contributed by atoms with E-state index in [1.807, 2.05) is 0 Å². The van der Waals surface area contributed by atoms with Gasteiger partial charge in [-0.1, -0.05) is 6.92 Å². The van der Waals surface area contributed by atoms with Crippen molar-refractivity contribution in [3.8, 4) is 0 Å². The van der Waals surface area contributed by atoms with Crippen LogP contribution >= 0.6 is 12.2 Å². The van der Waals surface area contributed by atoms with Crippen LogP contribution in [-0.2, 0) is 19.2 Å². The molecule has 1 aliphatic heterocycles. The lowest BCUT2D eigenvalue weighted by Gasteiger charge is -2.35. The minimum absolute atomic E-state index is 0.0530. The fourth-order valence-electron chi connectivity index (χ4n) is 2.11. The number of hydrogen-bond acceptors (Lipinski definition) is 5. The maximum atomic E-state index is 11.9. The molecule has 0 spiro atoms. The van der Waals surface area contributed by atoms with E-state index in [2.05, 4.69) is 0 Å². The normalized spacial score (nSPS) is 16.9. The Balaban J connectivity index is 2.74. The van der Waals surface area contributed by atoms with Gasteiger partial charge in [0, 0.05) is 13.1 Å². The van der Waals surface area contributed by atoms with E-state index in [9.17, 15) is 19.2 Å². The summed E-state index contributed by atoms with van der Waals surface area (Å²) in [5.74, 6) is -3.63. The Bertz CT molecular complexity index is 507. The molecule has 1 unspecified atom stereocenters. The van der Waals surface area contributed by atoms with E-state index in [1.165, 1.54) is 4.90 Å². The molecule has 1 fully saturated rings. The Morgan fingerprint density at radius 1 is 1.18 bits per heavy atom. The SMILES string of the molecule is CCC(CCN1C(=O)CC(=O)N(CCC(=O)O)C1=S)C(=O)O. The highest BCUT2D eigenvalue weighted by Crippen LogP contribution is 2.16. The largest absolute Gasteiger partial charge is 0.481 e. The molecule has 9 heteroatoms. The van der Waals surface area contributed by atoms with Gasteiger partial charge in [-0.25, -0.2) is 0 Å². The van der Waals surface area contributed by atoms with Crippen LogP contribution in [0.15, 0.2) is 0 Å². The molecule has 2 N–H and O–H groups in total. The van der Waals surface area contributed by atoms with E-state index in [4.69, 9.17) is 22.4 Å². The number of carboxylic acid groups (broad SMARTS) is 2. The van der Waals surface area contributed by atoms with Gasteiger partial charge in [0.15, 0.2) is 5.11 Å². The molecule has 1 heterocycles. The quantitative estimate of drug-likeness (QED) is 0.486. The highest BCUT2D eigenvalue weighted by molar-refractivity contribution is 7.80. The van der Waals surface area contributed by atoms with Crippen molar-refractivity contribution in [2.45, 2.75) is 32.6 Å². The van der Waals surface area contributed by atoms with Gasteiger partial charge in [-0.3, -0.25) is 29.0 Å². The summed E-state index contributed by atoms with van der Waals surface area (Å²) < 4.78 is 0. The third-order valence-electron chi connectivity index (χ3n) is 3.46. The molecule has 2 amide bonds. The molecule has 1 rings (SSSR count). The summed E-state index contributed by atoms with van der Waals surface area (Å²) in [6, 6.07) is 0. The molecule has 1 saturated heterocycles. The maximum Gasteiger partial charge on any atom is 0.306 e. The zero-order valence-corrected chi connectivity index (χ0v) is 13.0. The van der Waals surface area contributed by atoms with Crippen molar-refractivity contribution in [3.63, 3.8) is 0 Å². The summed E-state index contributed by atoms with van der Waals surface area (Å²) in [4.78, 5) is 47.5. The summed E-state index contributed by atoms with van der Waals surface area (Å²) >= 11 is 5.08. The third kappa shape index (κ3) is 4.48. The Morgan fingerprint density at radius 2 is 1.73 bits per heavy atom. The van der Waals surface area contributed by atoms with Crippen LogP contribution < -0.4 is 0 Å². The fourth-order valence-corrected chi connectivity index (χ4v) is 2.50. The number of carbonyl (C=O) groups is 4. The Hall–Kier alpha value is -2.03. The van der Waals surface area contributed by atoms with Crippen molar-refractivity contribution >= 4 is 41.1 Å². The molecule has 0 aromatic carbocycles. The van der Waals surface area contributed by atoms with Crippen LogP contribution in [0.2, 0.25) is 0 Å². The minimum Gasteiger partial charge on any atom is -0.481 e. The number of aliphatic carboxylic acids is 2. The summed E-state index contributed by atoms with van der Waals surface area (Å²) in [6.45, 7) is 1.73. The molecule has 0 aromatic rings. The first-order valence-electron chi connectivity index (χ1n) is 6.87. The van der Waals surface area contributed by atoms with Crippen LogP contribution in [0.3, 0.4) is 0 Å². The maximum absolute atomic E-state index is 11.9. The topological polar surface area (TPSA) is 115 Å². The number of carboxylic acids is 2. The highest BCUT2D eigenvalue weighted by atomic mass is 32.1. The molecule has 0 aliphatic carbocycles. The lowest BCUT2D eigenvalue weighted by Crippen LogP contribution is -2.55. The van der Waals surface area contributed by atoms with E-state index < -0.39 is 29.7 Å². The van der Waals surface area contributed by atoms with Gasteiger partial charge in [-0.2, -0.15) is 0 Å². The van der Waals surface area contributed by atoms with Gasteiger partial charge < -0.3 is 10.2 Å². The van der Waals surface area contributed by atoms with Gasteiger partial charge in [0.2, 0.25) is 11.8 Å². The van der Waals surface area contributed by atoms with E-state index in [0.29, 0.717) is 6.42 Å². The van der Waals surface area contributed by atoms with Crippen LogP contribution in [-0.4, -0.2) is 62.0 Å². The fraction of sp³-hybridized carbons (Fsp3) is 0.615. The second kappa shape index (κ2) is 7.83. The molecule has 0 saturated carbocycles. The monoisotopic (exact) mass is 330 g/mol. The van der Waals surface area contributed by atoms with Crippen LogP contribution in [0, 0.1) is 5.92 Å². The standard InChI is InChI=1S/C13H18N2O6S/c1-2-8(12(20)21)3-5-14-9(16)7-10(17)15(13(14)22)6-4-11(18)19/h8H,2-7H2,1H3,(H,18,19)(H,20,21). The summed E-state index contributed by atoms with van der Waals surface area (Å²) in [5.41, 5.74) is 0. The van der Waals surface area contributed by atoms with Crippen molar-refractivity contribution in [3.05, 3.63) is 0 Å². The van der Waals surface area contributed by atoms with Gasteiger partial charge in [0.1, 0.15) is 6.42 Å². The van der Waals surface area contributed by atoms with Gasteiger partial charge in [0.25, 0.3) is 0 Å². The Morgan fingerprint density at radius 3 is 2.18 bits per heavy atom. The van der Waals surface area contributed by atoms with Crippen LogP contribution in [0.4, 0.5) is 0 Å². The number of thiocarbonyl (C=S) groups is 1. The van der Waals surface area contributed by atoms with Crippen molar-refractivity contribution < 1.29 is 29.4 Å². The molecule has 0 aromatic heterocycles. The van der Waals surface area contributed by atoms with Gasteiger partial charge in [-0.05, 0) is 25.1 Å². The summed E-state index contributed by atoms with van der Waals surface area (Å²) in [6.07, 6.45) is -0.0191. The van der Waals surface area contributed by atoms with Crippen LogP contribution in [0.5, 0.6) is 0 Å². The molecule has 8 nitrogen and oxygen atoms in total. The third-order valence-corrected chi connectivity index (χ3v) is 3.90. The summed E-state index contributed by atoms with van der Waals surface area (Å²) in [7, 11) is 0. The Kier molecular flexibility index (Phi) is 6.41. The predicted octanol–water partition coefficient (Wildman–Crippen LogP) is 0.308.